The lowest BCUT2D eigenvalue weighted by Gasteiger charge is -2.18. The molecule has 2 nitrogen and oxygen atoms in total. The van der Waals surface area contributed by atoms with Crippen LogP contribution in [-0.4, -0.2) is 13.7 Å². The minimum absolute atomic E-state index is 0.243. The second-order valence-corrected chi connectivity index (χ2v) is 6.60. The molecule has 0 aliphatic carbocycles. The van der Waals surface area contributed by atoms with Crippen LogP contribution >= 0.6 is 27.3 Å². The van der Waals surface area contributed by atoms with E-state index in [4.69, 9.17) is 4.74 Å². The van der Waals surface area contributed by atoms with E-state index < -0.39 is 0 Å². The first-order valence-corrected chi connectivity index (χ1v) is 8.46. The average molecular weight is 354 g/mol. The first kappa shape index (κ1) is 15.5. The van der Waals surface area contributed by atoms with Gasteiger partial charge in [0.25, 0.3) is 0 Å². The van der Waals surface area contributed by atoms with Crippen molar-refractivity contribution in [1.82, 2.24) is 5.32 Å². The molecule has 0 radical (unpaired) electrons. The van der Waals surface area contributed by atoms with E-state index in [9.17, 15) is 0 Å². The summed E-state index contributed by atoms with van der Waals surface area (Å²) in [5.74, 6) is 0.865. The van der Waals surface area contributed by atoms with Crippen LogP contribution in [0.5, 0.6) is 5.75 Å². The van der Waals surface area contributed by atoms with Crippen LogP contribution in [0.4, 0.5) is 0 Å². The van der Waals surface area contributed by atoms with Crippen molar-refractivity contribution in [2.75, 3.05) is 13.7 Å². The van der Waals surface area contributed by atoms with E-state index in [0.717, 1.165) is 23.2 Å². The molecule has 1 heterocycles. The first-order valence-electron chi connectivity index (χ1n) is 6.85. The zero-order valence-corrected chi connectivity index (χ0v) is 14.5. The molecule has 0 amide bonds. The minimum Gasteiger partial charge on any atom is -0.496 e. The predicted molar refractivity (Wildman–Crippen MR) is 89.9 cm³/mol. The van der Waals surface area contributed by atoms with Crippen molar-refractivity contribution in [2.24, 2.45) is 0 Å². The van der Waals surface area contributed by atoms with Gasteiger partial charge in [0.2, 0.25) is 0 Å². The number of nitrogens with one attached hydrogen (secondary N) is 1. The molecule has 1 atom stereocenters. The first-order chi connectivity index (χ1) is 9.69. The van der Waals surface area contributed by atoms with Crippen LogP contribution in [0.1, 0.15) is 35.2 Å². The summed E-state index contributed by atoms with van der Waals surface area (Å²) in [4.78, 5) is 2.79. The predicted octanol–water partition coefficient (Wildman–Crippen LogP) is 4.78. The summed E-state index contributed by atoms with van der Waals surface area (Å²) in [6.45, 7) is 5.27. The second-order valence-electron chi connectivity index (χ2n) is 4.54. The maximum absolute atomic E-state index is 5.30. The highest BCUT2D eigenvalue weighted by Crippen LogP contribution is 2.33. The fourth-order valence-corrected chi connectivity index (χ4v) is 3.80. The molecule has 1 aromatic heterocycles. The van der Waals surface area contributed by atoms with Crippen molar-refractivity contribution in [1.29, 1.82) is 0 Å². The molecule has 2 aromatic rings. The van der Waals surface area contributed by atoms with Gasteiger partial charge in [0.1, 0.15) is 5.75 Å². The maximum atomic E-state index is 5.30. The molecule has 4 heteroatoms. The normalized spacial score (nSPS) is 12.4. The Hall–Kier alpha value is -0.840. The highest BCUT2D eigenvalue weighted by Gasteiger charge is 2.16. The molecule has 0 saturated carbocycles. The summed E-state index contributed by atoms with van der Waals surface area (Å²) in [6, 6.07) is 11.0. The van der Waals surface area contributed by atoms with Crippen molar-refractivity contribution in [2.45, 2.75) is 26.3 Å². The molecule has 0 spiro atoms. The highest BCUT2D eigenvalue weighted by molar-refractivity contribution is 9.10. The molecule has 1 unspecified atom stereocenters. The van der Waals surface area contributed by atoms with Crippen molar-refractivity contribution in [3.63, 3.8) is 0 Å². The highest BCUT2D eigenvalue weighted by atomic mass is 79.9. The third kappa shape index (κ3) is 3.43. The van der Waals surface area contributed by atoms with Gasteiger partial charge in [-0.05, 0) is 58.7 Å². The summed E-state index contributed by atoms with van der Waals surface area (Å²) >= 11 is 5.45. The number of halogens is 1. The van der Waals surface area contributed by atoms with Gasteiger partial charge >= 0.3 is 0 Å². The summed E-state index contributed by atoms with van der Waals surface area (Å²) in [6.07, 6.45) is 1.09. The smallest absolute Gasteiger partial charge is 0.133 e. The Labute approximate surface area is 133 Å². The third-order valence-corrected chi connectivity index (χ3v) is 5.15. The van der Waals surface area contributed by atoms with Crippen molar-refractivity contribution in [3.8, 4) is 5.75 Å². The van der Waals surface area contributed by atoms with E-state index in [-0.39, 0.29) is 6.04 Å². The van der Waals surface area contributed by atoms with Gasteiger partial charge in [-0.2, -0.15) is 0 Å². The Morgan fingerprint density at radius 1 is 1.25 bits per heavy atom. The molecule has 1 aromatic carbocycles. The zero-order chi connectivity index (χ0) is 14.5. The van der Waals surface area contributed by atoms with E-state index in [2.05, 4.69) is 59.4 Å². The number of hydrogen-bond acceptors (Lipinski definition) is 3. The van der Waals surface area contributed by atoms with Gasteiger partial charge < -0.3 is 10.1 Å². The quantitative estimate of drug-likeness (QED) is 0.806. The van der Waals surface area contributed by atoms with Crippen molar-refractivity contribution >= 4 is 27.3 Å². The number of aryl methyl sites for hydroxylation is 1. The van der Waals surface area contributed by atoms with E-state index in [1.807, 2.05) is 17.4 Å². The summed E-state index contributed by atoms with van der Waals surface area (Å²) in [7, 11) is 1.69. The van der Waals surface area contributed by atoms with E-state index in [1.165, 1.54) is 15.3 Å². The van der Waals surface area contributed by atoms with Gasteiger partial charge in [-0.1, -0.05) is 19.9 Å². The number of hydrogen-bond donors (Lipinski definition) is 1. The number of benzene rings is 1. The Morgan fingerprint density at radius 3 is 2.60 bits per heavy atom. The molecule has 20 heavy (non-hydrogen) atoms. The Balaban J connectivity index is 2.34. The standard InChI is InChI=1S/C16H20BrNOS/c1-4-12-7-9-15(20-12)16(18-5-2)11-6-8-14(19-3)13(17)10-11/h6-10,16,18H,4-5H2,1-3H3. The molecule has 108 valence electrons. The summed E-state index contributed by atoms with van der Waals surface area (Å²) in [5.41, 5.74) is 1.25. The molecular formula is C16H20BrNOS. The minimum atomic E-state index is 0.243. The molecular weight excluding hydrogens is 334 g/mol. The van der Waals surface area contributed by atoms with Crippen molar-refractivity contribution in [3.05, 3.63) is 50.1 Å². The lowest BCUT2D eigenvalue weighted by atomic mass is 10.1. The molecule has 0 aliphatic heterocycles. The SMILES string of the molecule is CCNC(c1ccc(OC)c(Br)c1)c1ccc(CC)s1. The second kappa shape index (κ2) is 7.25. The lowest BCUT2D eigenvalue weighted by Crippen LogP contribution is -2.21. The number of thiophene rings is 1. The van der Waals surface area contributed by atoms with Crippen molar-refractivity contribution < 1.29 is 4.74 Å². The molecule has 0 saturated heterocycles. The Kier molecular flexibility index (Phi) is 5.64. The number of rotatable bonds is 6. The fourth-order valence-electron chi connectivity index (χ4n) is 2.19. The monoisotopic (exact) mass is 353 g/mol. The molecule has 0 aliphatic rings. The lowest BCUT2D eigenvalue weighted by molar-refractivity contribution is 0.412. The molecule has 0 bridgehead atoms. The van der Waals surface area contributed by atoms with Crippen LogP contribution in [0.2, 0.25) is 0 Å². The molecule has 2 rings (SSSR count). The largest absolute Gasteiger partial charge is 0.496 e. The maximum Gasteiger partial charge on any atom is 0.133 e. The van der Waals surface area contributed by atoms with Gasteiger partial charge in [-0.15, -0.1) is 11.3 Å². The van der Waals surface area contributed by atoms with Crippen LogP contribution < -0.4 is 10.1 Å². The van der Waals surface area contributed by atoms with Gasteiger partial charge in [0.05, 0.1) is 17.6 Å². The Morgan fingerprint density at radius 2 is 2.05 bits per heavy atom. The average Bonchev–Trinajstić information content (AvgIpc) is 2.93. The van der Waals surface area contributed by atoms with E-state index >= 15 is 0 Å². The number of methoxy groups -OCH3 is 1. The topological polar surface area (TPSA) is 21.3 Å². The zero-order valence-electron chi connectivity index (χ0n) is 12.1. The van der Waals surface area contributed by atoms with Crippen LogP contribution in [0.15, 0.2) is 34.8 Å². The van der Waals surface area contributed by atoms with Crippen LogP contribution in [-0.2, 0) is 6.42 Å². The third-order valence-electron chi connectivity index (χ3n) is 3.23. The van der Waals surface area contributed by atoms with Gasteiger partial charge in [0.15, 0.2) is 0 Å². The van der Waals surface area contributed by atoms with E-state index in [0.29, 0.717) is 0 Å². The van der Waals surface area contributed by atoms with Gasteiger partial charge in [0, 0.05) is 9.75 Å². The van der Waals surface area contributed by atoms with E-state index in [1.54, 1.807) is 7.11 Å². The number of ether oxygens (including phenoxy) is 1. The van der Waals surface area contributed by atoms with Gasteiger partial charge in [-0.25, -0.2) is 0 Å². The van der Waals surface area contributed by atoms with Crippen LogP contribution in [0, 0.1) is 0 Å². The fraction of sp³-hybridized carbons (Fsp3) is 0.375. The van der Waals surface area contributed by atoms with Crippen LogP contribution in [0.3, 0.4) is 0 Å². The summed E-state index contributed by atoms with van der Waals surface area (Å²) in [5, 5.41) is 3.57. The van der Waals surface area contributed by atoms with Crippen LogP contribution in [0.25, 0.3) is 0 Å². The van der Waals surface area contributed by atoms with Gasteiger partial charge in [-0.3, -0.25) is 0 Å². The summed E-state index contributed by atoms with van der Waals surface area (Å²) < 4.78 is 6.30. The Bertz CT molecular complexity index is 567. The molecule has 0 fully saturated rings. The molecule has 1 N–H and O–H groups in total.